The third-order valence-electron chi connectivity index (χ3n) is 10.3. The summed E-state index contributed by atoms with van der Waals surface area (Å²) in [7, 11) is 1.28. The van der Waals surface area contributed by atoms with Crippen LogP contribution in [-0.4, -0.2) is 75.7 Å². The number of ether oxygens (including phenoxy) is 1. The van der Waals surface area contributed by atoms with Crippen LogP contribution >= 0.6 is 0 Å². The second-order valence-electron chi connectivity index (χ2n) is 14.2. The van der Waals surface area contributed by atoms with Gasteiger partial charge in [0, 0.05) is 37.0 Å². The van der Waals surface area contributed by atoms with Gasteiger partial charge in [0.05, 0.1) is 31.1 Å². The number of likely N-dealkylation sites (tertiary alicyclic amines) is 2. The topological polar surface area (TPSA) is 125 Å². The Balaban J connectivity index is 1.19. The summed E-state index contributed by atoms with van der Waals surface area (Å²) in [4.78, 5) is 63.4. The van der Waals surface area contributed by atoms with Gasteiger partial charge < -0.3 is 24.8 Å². The van der Waals surface area contributed by atoms with Gasteiger partial charge in [-0.1, -0.05) is 71.0 Å². The molecule has 0 radical (unpaired) electrons. The third kappa shape index (κ3) is 8.23. The van der Waals surface area contributed by atoms with Crippen molar-refractivity contribution in [2.45, 2.75) is 91.3 Å². The van der Waals surface area contributed by atoms with Crippen molar-refractivity contribution in [3.8, 4) is 22.4 Å². The van der Waals surface area contributed by atoms with Crippen molar-refractivity contribution in [3.05, 3.63) is 66.1 Å². The van der Waals surface area contributed by atoms with E-state index < -0.39 is 12.1 Å². The number of benzene rings is 2. The highest BCUT2D eigenvalue weighted by molar-refractivity contribution is 5.95. The molecule has 2 saturated heterocycles. The van der Waals surface area contributed by atoms with Crippen molar-refractivity contribution in [1.82, 2.24) is 25.1 Å². The Bertz CT molecular complexity index is 1610. The van der Waals surface area contributed by atoms with Gasteiger partial charge in [0.25, 0.3) is 5.91 Å². The highest BCUT2D eigenvalue weighted by Crippen LogP contribution is 2.34. The molecule has 3 aromatic rings. The zero-order chi connectivity index (χ0) is 35.2. The number of aromatic amines is 1. The van der Waals surface area contributed by atoms with Gasteiger partial charge in [-0.05, 0) is 72.8 Å². The Labute approximate surface area is 290 Å². The van der Waals surface area contributed by atoms with Crippen LogP contribution in [0, 0.1) is 17.8 Å². The standard InChI is InChI=1S/C39H51N5O5/c1-24(2)26(5)37(46)44-22-8-10-33(44)36-40-23-32(41-36)29-15-11-27(12-16-29)28-13-17-30(18-14-28)38(47)43-21-7-9-31(43)19-20-34(45)35(25(3)4)42-39(48)49-6/h11-18,23-26,31,33,35H,7-10,19-22H2,1-6H3,(H,40,41)(H,42,48)/t26-,31+,33-,35-/m0/s1. The Morgan fingerprint density at radius 3 is 2.10 bits per heavy atom. The second kappa shape index (κ2) is 15.8. The van der Waals surface area contributed by atoms with Gasteiger partial charge in [0.2, 0.25) is 5.91 Å². The highest BCUT2D eigenvalue weighted by Gasteiger charge is 2.35. The van der Waals surface area contributed by atoms with Gasteiger partial charge in [-0.25, -0.2) is 9.78 Å². The van der Waals surface area contributed by atoms with Crippen LogP contribution in [0.25, 0.3) is 22.4 Å². The molecular formula is C39H51N5O5. The number of amides is 3. The number of imidazole rings is 1. The molecule has 0 aliphatic carbocycles. The summed E-state index contributed by atoms with van der Waals surface area (Å²) in [6.07, 6.45) is 5.72. The van der Waals surface area contributed by atoms with E-state index in [1.165, 1.54) is 7.11 Å². The normalized spacial score (nSPS) is 18.9. The van der Waals surface area contributed by atoms with Crippen LogP contribution in [0.3, 0.4) is 0 Å². The molecule has 49 heavy (non-hydrogen) atoms. The van der Waals surface area contributed by atoms with Crippen molar-refractivity contribution in [2.24, 2.45) is 17.8 Å². The van der Waals surface area contributed by atoms with Crippen LogP contribution in [0.5, 0.6) is 0 Å². The van der Waals surface area contributed by atoms with E-state index in [0.29, 0.717) is 24.4 Å². The van der Waals surface area contributed by atoms with Gasteiger partial charge in [0.1, 0.15) is 5.82 Å². The van der Waals surface area contributed by atoms with E-state index in [4.69, 9.17) is 0 Å². The Morgan fingerprint density at radius 2 is 1.47 bits per heavy atom. The fourth-order valence-electron chi connectivity index (χ4n) is 7.00. The minimum absolute atomic E-state index is 0.0153. The van der Waals surface area contributed by atoms with Crippen molar-refractivity contribution in [2.75, 3.05) is 20.2 Å². The molecule has 10 nitrogen and oxygen atoms in total. The number of carbonyl (C=O) groups is 4. The maximum Gasteiger partial charge on any atom is 0.407 e. The molecule has 0 unspecified atom stereocenters. The van der Waals surface area contributed by atoms with Crippen molar-refractivity contribution in [3.63, 3.8) is 0 Å². The maximum absolute atomic E-state index is 13.5. The molecule has 0 saturated carbocycles. The first-order valence-electron chi connectivity index (χ1n) is 17.7. The molecule has 1 aromatic heterocycles. The predicted molar refractivity (Wildman–Crippen MR) is 190 cm³/mol. The Kier molecular flexibility index (Phi) is 11.6. The molecular weight excluding hydrogens is 618 g/mol. The van der Waals surface area contributed by atoms with E-state index in [2.05, 4.69) is 58.1 Å². The van der Waals surface area contributed by atoms with Crippen molar-refractivity contribution >= 4 is 23.7 Å². The SMILES string of the molecule is COC(=O)N[C@H](C(=O)CC[C@H]1CCCN1C(=O)c1ccc(-c2ccc(-c3cnc([C@@H]4CCCN4C(=O)[C@@H](C)C(C)C)[nH]3)cc2)cc1)C(C)C. The van der Waals surface area contributed by atoms with E-state index in [1.54, 1.807) is 0 Å². The quantitative estimate of drug-likeness (QED) is 0.213. The second-order valence-corrected chi connectivity index (χ2v) is 14.2. The number of hydrogen-bond acceptors (Lipinski definition) is 6. The molecule has 2 N–H and O–H groups in total. The molecule has 262 valence electrons. The number of rotatable bonds is 12. The summed E-state index contributed by atoms with van der Waals surface area (Å²) in [5.41, 5.74) is 4.60. The zero-order valence-corrected chi connectivity index (χ0v) is 29.7. The first-order chi connectivity index (χ1) is 23.5. The van der Waals surface area contributed by atoms with Crippen LogP contribution in [0.4, 0.5) is 4.79 Å². The molecule has 2 aliphatic rings. The number of alkyl carbamates (subject to hydrolysis) is 1. The van der Waals surface area contributed by atoms with E-state index >= 15 is 0 Å². The van der Waals surface area contributed by atoms with Crippen molar-refractivity contribution < 1.29 is 23.9 Å². The number of hydrogen-bond donors (Lipinski definition) is 2. The summed E-state index contributed by atoms with van der Waals surface area (Å²) >= 11 is 0. The molecule has 2 fully saturated rings. The fourth-order valence-corrected chi connectivity index (χ4v) is 7.00. The first-order valence-corrected chi connectivity index (χ1v) is 17.7. The molecule has 3 heterocycles. The summed E-state index contributed by atoms with van der Waals surface area (Å²) in [5, 5.41) is 2.65. The molecule has 2 aliphatic heterocycles. The number of nitrogens with one attached hydrogen (secondary N) is 2. The molecule has 4 atom stereocenters. The van der Waals surface area contributed by atoms with Crippen LogP contribution in [-0.2, 0) is 14.3 Å². The number of aromatic nitrogens is 2. The highest BCUT2D eigenvalue weighted by atomic mass is 16.5. The number of nitrogens with zero attached hydrogens (tertiary/aromatic N) is 3. The number of carbonyl (C=O) groups excluding carboxylic acids is 4. The first kappa shape index (κ1) is 35.8. The van der Waals surface area contributed by atoms with E-state index in [0.717, 1.165) is 60.4 Å². The molecule has 2 aromatic carbocycles. The van der Waals surface area contributed by atoms with Gasteiger partial charge in [-0.3, -0.25) is 14.4 Å². The lowest BCUT2D eigenvalue weighted by Crippen LogP contribution is -2.45. The summed E-state index contributed by atoms with van der Waals surface area (Å²) in [5.74, 6) is 1.17. The van der Waals surface area contributed by atoms with Crippen LogP contribution in [0.2, 0.25) is 0 Å². The molecule has 0 spiro atoms. The summed E-state index contributed by atoms with van der Waals surface area (Å²) < 4.78 is 4.68. The number of Topliss-reactive ketones (excluding diaryl/α,β-unsaturated/α-hetero) is 1. The van der Waals surface area contributed by atoms with E-state index in [-0.39, 0.29) is 47.9 Å². The Hall–Kier alpha value is -4.47. The predicted octanol–water partition coefficient (Wildman–Crippen LogP) is 7.03. The van der Waals surface area contributed by atoms with E-state index in [1.807, 2.05) is 61.0 Å². The Morgan fingerprint density at radius 1 is 0.857 bits per heavy atom. The van der Waals surface area contributed by atoms with Gasteiger partial charge in [0.15, 0.2) is 5.78 Å². The summed E-state index contributed by atoms with van der Waals surface area (Å²) in [6, 6.07) is 15.3. The maximum atomic E-state index is 13.5. The number of H-pyrrole nitrogens is 1. The minimum Gasteiger partial charge on any atom is -0.453 e. The van der Waals surface area contributed by atoms with Crippen LogP contribution in [0.1, 0.15) is 95.4 Å². The lowest BCUT2D eigenvalue weighted by molar-refractivity contribution is -0.137. The third-order valence-corrected chi connectivity index (χ3v) is 10.3. The lowest BCUT2D eigenvalue weighted by atomic mass is 9.95. The number of methoxy groups -OCH3 is 1. The van der Waals surface area contributed by atoms with Gasteiger partial charge in [-0.2, -0.15) is 0 Å². The van der Waals surface area contributed by atoms with Crippen molar-refractivity contribution in [1.29, 1.82) is 0 Å². The van der Waals surface area contributed by atoms with Crippen LogP contribution < -0.4 is 5.32 Å². The largest absolute Gasteiger partial charge is 0.453 e. The van der Waals surface area contributed by atoms with Gasteiger partial charge in [-0.15, -0.1) is 0 Å². The monoisotopic (exact) mass is 669 g/mol. The van der Waals surface area contributed by atoms with Crippen LogP contribution in [0.15, 0.2) is 54.7 Å². The zero-order valence-electron chi connectivity index (χ0n) is 29.7. The van der Waals surface area contributed by atoms with Gasteiger partial charge >= 0.3 is 6.09 Å². The minimum atomic E-state index is -0.617. The molecule has 10 heteroatoms. The summed E-state index contributed by atoms with van der Waals surface area (Å²) in [6.45, 7) is 11.4. The molecule has 5 rings (SSSR count). The lowest BCUT2D eigenvalue weighted by Gasteiger charge is -2.27. The fraction of sp³-hybridized carbons (Fsp3) is 0.513. The number of ketones is 1. The van der Waals surface area contributed by atoms with E-state index in [9.17, 15) is 19.2 Å². The average Bonchev–Trinajstić information content (AvgIpc) is 3.90. The smallest absolute Gasteiger partial charge is 0.407 e. The average molecular weight is 670 g/mol. The molecule has 0 bridgehead atoms. The molecule has 3 amide bonds.